The molecule has 0 aromatic heterocycles. The van der Waals surface area contributed by atoms with Crippen LogP contribution in [0.25, 0.3) is 0 Å². The summed E-state index contributed by atoms with van der Waals surface area (Å²) in [6.07, 6.45) is 0. The first-order valence-corrected chi connectivity index (χ1v) is 9.73. The van der Waals surface area contributed by atoms with Crippen LogP contribution in [0.2, 0.25) is 0 Å². The smallest absolute Gasteiger partial charge is 0.338 e. The summed E-state index contributed by atoms with van der Waals surface area (Å²) in [5, 5.41) is 2.24. The average molecular weight is 459 g/mol. The monoisotopic (exact) mass is 459 g/mol. The number of amides is 2. The van der Waals surface area contributed by atoms with Gasteiger partial charge < -0.3 is 14.2 Å². The van der Waals surface area contributed by atoms with Crippen LogP contribution < -0.4 is 20.9 Å². The quantitative estimate of drug-likeness (QED) is 0.319. The standard InChI is InChI=1S/C21H21N3O7S/c1-3-30-20(28)15-8-10-16(11-9-15)31-12-17(25)23-24-21(32)22-18(26)13-4-6-14(7-5-13)19(27)29-2/h4-11H,3,12H2,1-2H3,(H,23,25)(H2,22,24,26,32). The second-order valence-corrected chi connectivity index (χ2v) is 6.47. The van der Waals surface area contributed by atoms with Crippen LogP contribution in [0.4, 0.5) is 0 Å². The fourth-order valence-electron chi connectivity index (χ4n) is 2.30. The van der Waals surface area contributed by atoms with Gasteiger partial charge in [0.25, 0.3) is 11.8 Å². The third-order valence-electron chi connectivity index (χ3n) is 3.85. The molecule has 0 unspecified atom stereocenters. The lowest BCUT2D eigenvalue weighted by Crippen LogP contribution is -2.49. The van der Waals surface area contributed by atoms with Crippen molar-refractivity contribution in [2.75, 3.05) is 20.3 Å². The van der Waals surface area contributed by atoms with E-state index in [2.05, 4.69) is 20.9 Å². The first-order chi connectivity index (χ1) is 15.3. The minimum Gasteiger partial charge on any atom is -0.484 e. The summed E-state index contributed by atoms with van der Waals surface area (Å²) in [7, 11) is 1.26. The van der Waals surface area contributed by atoms with Gasteiger partial charge in [-0.25, -0.2) is 9.59 Å². The molecule has 0 aliphatic rings. The van der Waals surface area contributed by atoms with E-state index >= 15 is 0 Å². The maximum absolute atomic E-state index is 12.2. The summed E-state index contributed by atoms with van der Waals surface area (Å²) in [4.78, 5) is 47.0. The first kappa shape index (κ1) is 24.3. The maximum Gasteiger partial charge on any atom is 0.338 e. The zero-order valence-corrected chi connectivity index (χ0v) is 18.1. The van der Waals surface area contributed by atoms with Gasteiger partial charge >= 0.3 is 11.9 Å². The van der Waals surface area contributed by atoms with Gasteiger partial charge in [-0.1, -0.05) is 0 Å². The van der Waals surface area contributed by atoms with E-state index in [4.69, 9.17) is 21.7 Å². The molecular formula is C21H21N3O7S. The minimum atomic E-state index is -0.557. The fraction of sp³-hybridized carbons (Fsp3) is 0.190. The number of esters is 2. The Hall–Kier alpha value is -3.99. The molecule has 0 saturated heterocycles. The predicted octanol–water partition coefficient (Wildman–Crippen LogP) is 1.36. The molecule has 2 aromatic rings. The van der Waals surface area contributed by atoms with E-state index in [1.54, 1.807) is 6.92 Å². The van der Waals surface area contributed by atoms with E-state index in [1.807, 2.05) is 0 Å². The molecule has 0 heterocycles. The lowest BCUT2D eigenvalue weighted by molar-refractivity contribution is -0.123. The molecule has 168 valence electrons. The van der Waals surface area contributed by atoms with Crippen molar-refractivity contribution in [3.05, 3.63) is 65.2 Å². The van der Waals surface area contributed by atoms with Crippen molar-refractivity contribution in [1.29, 1.82) is 0 Å². The first-order valence-electron chi connectivity index (χ1n) is 9.32. The van der Waals surface area contributed by atoms with Crippen molar-refractivity contribution in [3.8, 4) is 5.75 Å². The Bertz CT molecular complexity index is 991. The number of carbonyl (C=O) groups excluding carboxylic acids is 4. The van der Waals surface area contributed by atoms with Gasteiger partial charge in [0.1, 0.15) is 5.75 Å². The molecule has 2 aromatic carbocycles. The van der Waals surface area contributed by atoms with Gasteiger partial charge in [-0.15, -0.1) is 0 Å². The molecule has 0 spiro atoms. The average Bonchev–Trinajstić information content (AvgIpc) is 2.81. The van der Waals surface area contributed by atoms with E-state index < -0.39 is 23.8 Å². The van der Waals surface area contributed by atoms with E-state index in [1.165, 1.54) is 55.6 Å². The Balaban J connectivity index is 1.74. The topological polar surface area (TPSA) is 132 Å². The lowest BCUT2D eigenvalue weighted by Gasteiger charge is -2.11. The Kier molecular flexibility index (Phi) is 9.11. The third kappa shape index (κ3) is 7.36. The molecule has 0 aliphatic heterocycles. The number of methoxy groups -OCH3 is 1. The molecule has 32 heavy (non-hydrogen) atoms. The van der Waals surface area contributed by atoms with Crippen molar-refractivity contribution in [2.45, 2.75) is 6.92 Å². The SMILES string of the molecule is CCOC(=O)c1ccc(OCC(=O)NNC(=S)NC(=O)c2ccc(C(=O)OC)cc2)cc1. The van der Waals surface area contributed by atoms with E-state index in [9.17, 15) is 19.2 Å². The summed E-state index contributed by atoms with van der Waals surface area (Å²) in [6, 6.07) is 11.9. The highest BCUT2D eigenvalue weighted by Gasteiger charge is 2.11. The number of hydrazine groups is 1. The Morgan fingerprint density at radius 2 is 1.41 bits per heavy atom. The maximum atomic E-state index is 12.2. The molecule has 0 atom stereocenters. The number of rotatable bonds is 7. The van der Waals surface area contributed by atoms with Gasteiger partial charge in [-0.3, -0.25) is 25.8 Å². The normalized spacial score (nSPS) is 9.81. The molecule has 10 nitrogen and oxygen atoms in total. The molecular weight excluding hydrogens is 438 g/mol. The Morgan fingerprint density at radius 3 is 2.00 bits per heavy atom. The number of carbonyl (C=O) groups is 4. The van der Waals surface area contributed by atoms with Crippen LogP contribution in [0.15, 0.2) is 48.5 Å². The number of nitrogens with one attached hydrogen (secondary N) is 3. The van der Waals surface area contributed by atoms with Crippen molar-refractivity contribution in [3.63, 3.8) is 0 Å². The van der Waals surface area contributed by atoms with Crippen molar-refractivity contribution in [1.82, 2.24) is 16.2 Å². The summed E-state index contributed by atoms with van der Waals surface area (Å²) in [6.45, 7) is 1.65. The second-order valence-electron chi connectivity index (χ2n) is 6.06. The summed E-state index contributed by atoms with van der Waals surface area (Å²) < 4.78 is 14.8. The van der Waals surface area contributed by atoms with E-state index in [0.717, 1.165) is 0 Å². The van der Waals surface area contributed by atoms with Crippen molar-refractivity contribution in [2.24, 2.45) is 0 Å². The van der Waals surface area contributed by atoms with Crippen LogP contribution >= 0.6 is 12.2 Å². The van der Waals surface area contributed by atoms with Gasteiger partial charge in [0.2, 0.25) is 0 Å². The number of thiocarbonyl (C=S) groups is 1. The highest BCUT2D eigenvalue weighted by Crippen LogP contribution is 2.13. The zero-order chi connectivity index (χ0) is 23.5. The molecule has 2 amide bonds. The molecule has 0 aliphatic carbocycles. The minimum absolute atomic E-state index is 0.140. The molecule has 0 bridgehead atoms. The van der Waals surface area contributed by atoms with Crippen LogP contribution in [0.5, 0.6) is 5.75 Å². The fourth-order valence-corrected chi connectivity index (χ4v) is 2.44. The van der Waals surface area contributed by atoms with Gasteiger partial charge in [0, 0.05) is 5.56 Å². The van der Waals surface area contributed by atoms with Gasteiger partial charge in [0.15, 0.2) is 11.7 Å². The number of hydrogen-bond acceptors (Lipinski definition) is 8. The highest BCUT2D eigenvalue weighted by atomic mass is 32.1. The van der Waals surface area contributed by atoms with E-state index in [-0.39, 0.29) is 23.9 Å². The van der Waals surface area contributed by atoms with Crippen LogP contribution in [-0.2, 0) is 14.3 Å². The van der Waals surface area contributed by atoms with Crippen molar-refractivity contribution >= 4 is 41.1 Å². The van der Waals surface area contributed by atoms with Crippen LogP contribution in [0, 0.1) is 0 Å². The van der Waals surface area contributed by atoms with Gasteiger partial charge in [-0.2, -0.15) is 0 Å². The molecule has 11 heteroatoms. The summed E-state index contributed by atoms with van der Waals surface area (Å²) in [5.41, 5.74) is 5.58. The van der Waals surface area contributed by atoms with Crippen LogP contribution in [-0.4, -0.2) is 49.2 Å². The summed E-state index contributed by atoms with van der Waals surface area (Å²) in [5.74, 6) is -1.69. The molecule has 2 rings (SSSR count). The zero-order valence-electron chi connectivity index (χ0n) is 17.3. The van der Waals surface area contributed by atoms with Crippen LogP contribution in [0.1, 0.15) is 38.0 Å². The second kappa shape index (κ2) is 12.0. The molecule has 3 N–H and O–H groups in total. The third-order valence-corrected chi connectivity index (χ3v) is 4.05. The number of ether oxygens (including phenoxy) is 3. The number of hydrogen-bond donors (Lipinski definition) is 3. The Labute approximate surface area is 189 Å². The number of benzene rings is 2. The van der Waals surface area contributed by atoms with Gasteiger partial charge in [-0.05, 0) is 67.7 Å². The lowest BCUT2D eigenvalue weighted by atomic mass is 10.1. The molecule has 0 fully saturated rings. The molecule has 0 saturated carbocycles. The molecule has 0 radical (unpaired) electrons. The Morgan fingerprint density at radius 1 is 0.844 bits per heavy atom. The van der Waals surface area contributed by atoms with Crippen molar-refractivity contribution < 1.29 is 33.4 Å². The highest BCUT2D eigenvalue weighted by molar-refractivity contribution is 7.80. The largest absolute Gasteiger partial charge is 0.484 e. The summed E-state index contributed by atoms with van der Waals surface area (Å²) >= 11 is 4.96. The van der Waals surface area contributed by atoms with E-state index in [0.29, 0.717) is 16.9 Å². The van der Waals surface area contributed by atoms with Gasteiger partial charge in [0.05, 0.1) is 24.8 Å². The predicted molar refractivity (Wildman–Crippen MR) is 117 cm³/mol. The van der Waals surface area contributed by atoms with Crippen LogP contribution in [0.3, 0.4) is 0 Å².